The first-order valence-corrected chi connectivity index (χ1v) is 16.2. The molecule has 232 valence electrons. The minimum absolute atomic E-state index is 0.0475. The average Bonchev–Trinajstić information content (AvgIpc) is 3.71. The third-order valence-electron chi connectivity index (χ3n) is 7.38. The Bertz CT molecular complexity index is 1670. The number of hydrogen-bond acceptors (Lipinski definition) is 9. The number of nitrogens with one attached hydrogen (secondary N) is 3. The molecule has 4 aromatic rings. The third kappa shape index (κ3) is 6.68. The van der Waals surface area contributed by atoms with E-state index in [0.29, 0.717) is 15.6 Å². The number of rotatable bonds is 3. The molecule has 11 nitrogen and oxygen atoms in total. The zero-order chi connectivity index (χ0) is 31.7. The number of fused-ring (bicyclic) bond motifs is 5. The van der Waals surface area contributed by atoms with Crippen LogP contribution in [0.5, 0.6) is 0 Å². The largest absolute Gasteiger partial charge is 0.443 e. The molecule has 0 unspecified atom stereocenters. The third-order valence-corrected chi connectivity index (χ3v) is 9.41. The number of aromatic nitrogens is 2. The summed E-state index contributed by atoms with van der Waals surface area (Å²) in [7, 11) is 0. The van der Waals surface area contributed by atoms with E-state index in [0.717, 1.165) is 10.1 Å². The molecule has 1 aliphatic rings. The lowest BCUT2D eigenvalue weighted by molar-refractivity contribution is -0.122. The number of benzene rings is 1. The van der Waals surface area contributed by atoms with Crippen LogP contribution in [0.1, 0.15) is 94.0 Å². The molecule has 44 heavy (non-hydrogen) atoms. The summed E-state index contributed by atoms with van der Waals surface area (Å²) in [4.78, 5) is 64.9. The van der Waals surface area contributed by atoms with Crippen molar-refractivity contribution in [2.45, 2.75) is 59.7 Å². The van der Waals surface area contributed by atoms with Gasteiger partial charge in [-0.15, -0.1) is 22.7 Å². The Balaban J connectivity index is 1.52. The molecule has 3 aromatic heterocycles. The van der Waals surface area contributed by atoms with Crippen molar-refractivity contribution in [1.29, 1.82) is 0 Å². The highest BCUT2D eigenvalue weighted by Crippen LogP contribution is 2.29. The normalized spacial score (nSPS) is 20.3. The van der Waals surface area contributed by atoms with Crippen LogP contribution in [0.2, 0.25) is 0 Å². The number of thiazole rings is 1. The predicted octanol–water partition coefficient (Wildman–Crippen LogP) is 4.87. The van der Waals surface area contributed by atoms with Gasteiger partial charge in [0, 0.05) is 22.7 Å². The van der Waals surface area contributed by atoms with Gasteiger partial charge in [-0.25, -0.2) is 9.97 Å². The second-order valence-corrected chi connectivity index (χ2v) is 13.7. The smallest absolute Gasteiger partial charge is 0.273 e. The fourth-order valence-corrected chi connectivity index (χ4v) is 7.11. The molecule has 1 aliphatic heterocycles. The van der Waals surface area contributed by atoms with Gasteiger partial charge in [0.25, 0.3) is 17.7 Å². The highest BCUT2D eigenvalue weighted by atomic mass is 32.1. The van der Waals surface area contributed by atoms with Gasteiger partial charge < -0.3 is 25.3 Å². The minimum atomic E-state index is -0.612. The van der Waals surface area contributed by atoms with Crippen molar-refractivity contribution in [2.24, 2.45) is 11.8 Å². The van der Waals surface area contributed by atoms with E-state index >= 15 is 0 Å². The van der Waals surface area contributed by atoms with Crippen molar-refractivity contribution in [2.75, 3.05) is 13.1 Å². The molecule has 4 heterocycles. The lowest BCUT2D eigenvalue weighted by atomic mass is 10.0. The molecule has 4 amide bonds. The minimum Gasteiger partial charge on any atom is -0.443 e. The molecule has 13 heteroatoms. The van der Waals surface area contributed by atoms with Crippen LogP contribution in [-0.4, -0.2) is 57.6 Å². The van der Waals surface area contributed by atoms with Gasteiger partial charge in [-0.3, -0.25) is 19.2 Å². The molecular formula is C31H36N6O5S2. The summed E-state index contributed by atoms with van der Waals surface area (Å²) >= 11 is 2.63. The first kappa shape index (κ1) is 31.3. The maximum Gasteiger partial charge on any atom is 0.273 e. The van der Waals surface area contributed by atoms with Gasteiger partial charge in [-0.1, -0.05) is 45.9 Å². The van der Waals surface area contributed by atoms with Gasteiger partial charge in [0.15, 0.2) is 5.69 Å². The summed E-state index contributed by atoms with van der Waals surface area (Å²) < 4.78 is 6.84. The predicted molar refractivity (Wildman–Crippen MR) is 169 cm³/mol. The summed E-state index contributed by atoms with van der Waals surface area (Å²) in [6.07, 6.45) is 0. The first-order valence-electron chi connectivity index (χ1n) is 14.5. The van der Waals surface area contributed by atoms with Crippen molar-refractivity contribution < 1.29 is 23.6 Å². The number of nitrogens with zero attached hydrogens (tertiary/aromatic N) is 3. The molecule has 0 aliphatic carbocycles. The number of thiophene rings is 1. The van der Waals surface area contributed by atoms with E-state index in [1.54, 1.807) is 19.2 Å². The topological polar surface area (TPSA) is 147 Å². The summed E-state index contributed by atoms with van der Waals surface area (Å²) in [6.45, 7) is 11.0. The SMILES string of the molecule is Cc1oc2nc1C(=O)N[C@H](C)CN(C(=O)c1cc3ccccc3s1)CC(=O)N[C@@H](C(C)C)c1nc(cs1)C(=O)N[C@@H]2C(C)C. The quantitative estimate of drug-likeness (QED) is 0.291. The number of amides is 4. The van der Waals surface area contributed by atoms with Gasteiger partial charge in [0.1, 0.15) is 22.5 Å². The maximum atomic E-state index is 13.8. The van der Waals surface area contributed by atoms with Crippen molar-refractivity contribution in [3.05, 3.63) is 68.6 Å². The van der Waals surface area contributed by atoms with Crippen LogP contribution >= 0.6 is 22.7 Å². The summed E-state index contributed by atoms with van der Waals surface area (Å²) in [6, 6.07) is 7.89. The zero-order valence-corrected chi connectivity index (χ0v) is 27.1. The van der Waals surface area contributed by atoms with Gasteiger partial charge in [0.2, 0.25) is 11.8 Å². The van der Waals surface area contributed by atoms with Crippen molar-refractivity contribution in [3.8, 4) is 0 Å². The molecule has 3 atom stereocenters. The van der Waals surface area contributed by atoms with E-state index in [-0.39, 0.29) is 54.0 Å². The lowest BCUT2D eigenvalue weighted by Gasteiger charge is -2.27. The van der Waals surface area contributed by atoms with Gasteiger partial charge in [-0.2, -0.15) is 0 Å². The summed E-state index contributed by atoms with van der Waals surface area (Å²) in [5.41, 5.74) is 0.289. The number of aryl methyl sites for hydroxylation is 1. The Morgan fingerprint density at radius 3 is 2.43 bits per heavy atom. The van der Waals surface area contributed by atoms with E-state index in [4.69, 9.17) is 4.42 Å². The Morgan fingerprint density at radius 2 is 1.73 bits per heavy atom. The van der Waals surface area contributed by atoms with Gasteiger partial charge in [0.05, 0.1) is 17.5 Å². The van der Waals surface area contributed by atoms with E-state index < -0.39 is 29.9 Å². The molecule has 0 radical (unpaired) electrons. The highest BCUT2D eigenvalue weighted by Gasteiger charge is 2.31. The Labute approximate surface area is 263 Å². The van der Waals surface area contributed by atoms with Crippen molar-refractivity contribution >= 4 is 56.4 Å². The van der Waals surface area contributed by atoms with Crippen LogP contribution in [0.25, 0.3) is 10.1 Å². The van der Waals surface area contributed by atoms with Crippen molar-refractivity contribution in [3.63, 3.8) is 0 Å². The number of hydrogen-bond donors (Lipinski definition) is 3. The molecule has 1 aromatic carbocycles. The number of carbonyl (C=O) groups is 4. The zero-order valence-electron chi connectivity index (χ0n) is 25.5. The van der Waals surface area contributed by atoms with Gasteiger partial charge in [-0.05, 0) is 43.2 Å². The Hall–Kier alpha value is -4.10. The van der Waals surface area contributed by atoms with E-state index in [1.807, 2.05) is 58.0 Å². The fraction of sp³-hybridized carbons (Fsp3) is 0.419. The highest BCUT2D eigenvalue weighted by molar-refractivity contribution is 7.20. The number of carbonyl (C=O) groups excluding carboxylic acids is 4. The molecule has 4 bridgehead atoms. The van der Waals surface area contributed by atoms with Crippen LogP contribution in [0, 0.1) is 18.8 Å². The summed E-state index contributed by atoms with van der Waals surface area (Å²) in [5, 5.41) is 12.0. The average molecular weight is 637 g/mol. The first-order chi connectivity index (χ1) is 20.9. The molecule has 3 N–H and O–H groups in total. The van der Waals surface area contributed by atoms with E-state index in [9.17, 15) is 19.2 Å². The molecule has 0 saturated heterocycles. The molecule has 0 saturated carbocycles. The second kappa shape index (κ2) is 12.9. The number of oxazole rings is 1. The Morgan fingerprint density at radius 1 is 1.00 bits per heavy atom. The van der Waals surface area contributed by atoms with Crippen molar-refractivity contribution in [1.82, 2.24) is 30.8 Å². The van der Waals surface area contributed by atoms with E-state index in [1.165, 1.54) is 27.6 Å². The monoisotopic (exact) mass is 636 g/mol. The molecule has 5 rings (SSSR count). The summed E-state index contributed by atoms with van der Waals surface area (Å²) in [5.74, 6) is -1.23. The molecule has 0 spiro atoms. The standard InChI is InChI=1S/C31H36N6O5S2/c1-15(2)24-29-36-26(18(6)42-29)28(40)32-17(5)12-37(31(41)22-11-19-9-7-8-10-21(19)44-22)13-23(38)34-25(16(3)4)30-33-20(14-43-30)27(39)35-24/h7-11,14-17,24-25H,12-13H2,1-6H3,(H,32,40)(H,34,38)(H,35,39)/t17-,24-,25+/m1/s1. The maximum absolute atomic E-state index is 13.8. The lowest BCUT2D eigenvalue weighted by Crippen LogP contribution is -2.48. The van der Waals surface area contributed by atoms with Crippen LogP contribution in [0.3, 0.4) is 0 Å². The second-order valence-electron chi connectivity index (χ2n) is 11.7. The molecule has 0 fully saturated rings. The van der Waals surface area contributed by atoms with Crippen LogP contribution in [0.4, 0.5) is 0 Å². The molecular weight excluding hydrogens is 601 g/mol. The van der Waals surface area contributed by atoms with E-state index in [2.05, 4.69) is 25.9 Å². The van der Waals surface area contributed by atoms with Crippen LogP contribution in [-0.2, 0) is 4.79 Å². The van der Waals surface area contributed by atoms with Crippen LogP contribution in [0.15, 0.2) is 40.1 Å². The fourth-order valence-electron chi connectivity index (χ4n) is 5.06. The van der Waals surface area contributed by atoms with Crippen LogP contribution < -0.4 is 16.0 Å². The Kier molecular flexibility index (Phi) is 9.16. The van der Waals surface area contributed by atoms with Gasteiger partial charge >= 0.3 is 0 Å².